The Morgan fingerprint density at radius 2 is 2.04 bits per heavy atom. The molecule has 4 rings (SSSR count). The first-order valence-corrected chi connectivity index (χ1v) is 7.51. The number of ether oxygens (including phenoxy) is 2. The normalized spacial score (nSPS) is 15.1. The molecule has 1 atom stereocenters. The van der Waals surface area contributed by atoms with Crippen molar-refractivity contribution in [3.63, 3.8) is 0 Å². The first-order chi connectivity index (χ1) is 11.6. The molecule has 1 aromatic heterocycles. The lowest BCUT2D eigenvalue weighted by Crippen LogP contribution is -2.19. The average molecular weight is 318 g/mol. The lowest BCUT2D eigenvalue weighted by atomic mass is 9.96. The molecule has 0 N–H and O–H groups in total. The van der Waals surface area contributed by atoms with Gasteiger partial charge in [-0.2, -0.15) is 0 Å². The third-order valence-electron chi connectivity index (χ3n) is 4.18. The largest absolute Gasteiger partial charge is 0.497 e. The molecular formula is C20H14O4. The minimum Gasteiger partial charge on any atom is -0.497 e. The number of fused-ring (bicyclic) bond motifs is 4. The van der Waals surface area contributed by atoms with Gasteiger partial charge in [-0.15, -0.1) is 6.42 Å². The molecule has 3 aromatic rings. The van der Waals surface area contributed by atoms with E-state index in [2.05, 4.69) is 5.92 Å². The highest BCUT2D eigenvalue weighted by Crippen LogP contribution is 2.43. The van der Waals surface area contributed by atoms with Gasteiger partial charge in [-0.25, -0.2) is 0 Å². The summed E-state index contributed by atoms with van der Waals surface area (Å²) in [6.07, 6.45) is 4.96. The van der Waals surface area contributed by atoms with Crippen LogP contribution in [-0.4, -0.2) is 7.11 Å². The van der Waals surface area contributed by atoms with E-state index >= 15 is 0 Å². The Hall–Kier alpha value is -3.19. The van der Waals surface area contributed by atoms with E-state index in [0.717, 1.165) is 16.7 Å². The molecule has 0 radical (unpaired) electrons. The van der Waals surface area contributed by atoms with Crippen molar-refractivity contribution in [1.29, 1.82) is 0 Å². The summed E-state index contributed by atoms with van der Waals surface area (Å²) in [5.41, 5.74) is 2.77. The molecule has 1 unspecified atom stereocenters. The van der Waals surface area contributed by atoms with Crippen molar-refractivity contribution in [2.45, 2.75) is 13.0 Å². The SMILES string of the molecule is C#CC1Oc2c(oc3ccc(C)cc3c2=O)-c2cc(OC)ccc21. The molecule has 0 amide bonds. The lowest BCUT2D eigenvalue weighted by Gasteiger charge is -2.24. The molecule has 1 aliphatic rings. The van der Waals surface area contributed by atoms with E-state index in [9.17, 15) is 4.79 Å². The Morgan fingerprint density at radius 1 is 1.21 bits per heavy atom. The maximum absolute atomic E-state index is 12.9. The van der Waals surface area contributed by atoms with Crippen molar-refractivity contribution >= 4 is 11.0 Å². The zero-order valence-electron chi connectivity index (χ0n) is 13.3. The summed E-state index contributed by atoms with van der Waals surface area (Å²) in [5.74, 6) is 3.77. The third-order valence-corrected chi connectivity index (χ3v) is 4.18. The summed E-state index contributed by atoms with van der Waals surface area (Å²) < 4.78 is 17.1. The Morgan fingerprint density at radius 3 is 2.79 bits per heavy atom. The summed E-state index contributed by atoms with van der Waals surface area (Å²) in [6.45, 7) is 1.92. The van der Waals surface area contributed by atoms with Crippen LogP contribution in [0.1, 0.15) is 17.2 Å². The number of hydrogen-bond donors (Lipinski definition) is 0. The van der Waals surface area contributed by atoms with Crippen molar-refractivity contribution in [1.82, 2.24) is 0 Å². The van der Waals surface area contributed by atoms with Gasteiger partial charge in [-0.1, -0.05) is 17.6 Å². The van der Waals surface area contributed by atoms with Crippen molar-refractivity contribution in [3.05, 3.63) is 57.7 Å². The van der Waals surface area contributed by atoms with Crippen molar-refractivity contribution in [2.75, 3.05) is 7.11 Å². The molecule has 24 heavy (non-hydrogen) atoms. The van der Waals surface area contributed by atoms with E-state index in [1.54, 1.807) is 25.3 Å². The number of methoxy groups -OCH3 is 1. The number of terminal acetylenes is 1. The molecule has 0 saturated heterocycles. The van der Waals surface area contributed by atoms with Crippen molar-refractivity contribution < 1.29 is 13.9 Å². The Labute approximate surface area is 138 Å². The minimum absolute atomic E-state index is 0.150. The predicted octanol–water partition coefficient (Wildman–Crippen LogP) is 3.84. The van der Waals surface area contributed by atoms with E-state index in [0.29, 0.717) is 22.5 Å². The highest BCUT2D eigenvalue weighted by atomic mass is 16.5. The summed E-state index contributed by atoms with van der Waals surface area (Å²) in [5, 5.41) is 0.482. The van der Waals surface area contributed by atoms with Gasteiger partial charge < -0.3 is 13.9 Å². The number of benzene rings is 2. The smallest absolute Gasteiger partial charge is 0.235 e. The third kappa shape index (κ3) is 1.99. The fourth-order valence-corrected chi connectivity index (χ4v) is 2.97. The van der Waals surface area contributed by atoms with Crippen LogP contribution in [0.3, 0.4) is 0 Å². The van der Waals surface area contributed by atoms with Crippen LogP contribution in [0.15, 0.2) is 45.6 Å². The Bertz CT molecular complexity index is 1070. The van der Waals surface area contributed by atoms with Crippen LogP contribution < -0.4 is 14.9 Å². The van der Waals surface area contributed by atoms with Crippen LogP contribution in [-0.2, 0) is 0 Å². The summed E-state index contributed by atoms with van der Waals surface area (Å²) in [4.78, 5) is 12.9. The van der Waals surface area contributed by atoms with Gasteiger partial charge in [0.2, 0.25) is 11.2 Å². The lowest BCUT2D eigenvalue weighted by molar-refractivity contribution is 0.251. The monoisotopic (exact) mass is 318 g/mol. The molecule has 2 heterocycles. The van der Waals surface area contributed by atoms with E-state index < -0.39 is 6.10 Å². The first kappa shape index (κ1) is 14.4. The van der Waals surface area contributed by atoms with E-state index in [-0.39, 0.29) is 11.2 Å². The second-order valence-corrected chi connectivity index (χ2v) is 5.71. The van der Waals surface area contributed by atoms with Crippen molar-refractivity contribution in [3.8, 4) is 35.2 Å². The van der Waals surface area contributed by atoms with Crippen LogP contribution >= 0.6 is 0 Å². The molecule has 4 heteroatoms. The van der Waals surface area contributed by atoms with Gasteiger partial charge in [0.05, 0.1) is 12.5 Å². The molecular weight excluding hydrogens is 304 g/mol. The van der Waals surface area contributed by atoms with Gasteiger partial charge in [0, 0.05) is 11.1 Å². The summed E-state index contributed by atoms with van der Waals surface area (Å²) in [7, 11) is 1.58. The number of rotatable bonds is 1. The Balaban J connectivity index is 2.09. The van der Waals surface area contributed by atoms with E-state index in [4.69, 9.17) is 20.3 Å². The minimum atomic E-state index is -0.636. The van der Waals surface area contributed by atoms with Gasteiger partial charge >= 0.3 is 0 Å². The fourth-order valence-electron chi connectivity index (χ4n) is 2.97. The second-order valence-electron chi connectivity index (χ2n) is 5.71. The highest BCUT2D eigenvalue weighted by Gasteiger charge is 2.30. The molecule has 4 nitrogen and oxygen atoms in total. The van der Waals surface area contributed by atoms with Crippen LogP contribution in [0, 0.1) is 19.3 Å². The molecule has 1 aliphatic heterocycles. The zero-order valence-corrected chi connectivity index (χ0v) is 13.3. The molecule has 0 aliphatic carbocycles. The molecule has 2 aromatic carbocycles. The average Bonchev–Trinajstić information content (AvgIpc) is 2.61. The van der Waals surface area contributed by atoms with Gasteiger partial charge in [0.15, 0.2) is 11.9 Å². The van der Waals surface area contributed by atoms with Gasteiger partial charge in [0.1, 0.15) is 11.3 Å². The standard InChI is InChI=1S/C20H14O4/c1-4-16-13-7-6-12(22-3)10-14(13)19-20(23-16)18(21)15-9-11(2)5-8-17(15)24-19/h1,5-10,16H,2-3H3. The van der Waals surface area contributed by atoms with E-state index in [1.807, 2.05) is 25.1 Å². The maximum Gasteiger partial charge on any atom is 0.235 e. The quantitative estimate of drug-likeness (QED) is 0.640. The number of hydrogen-bond acceptors (Lipinski definition) is 4. The van der Waals surface area contributed by atoms with Crippen LogP contribution in [0.2, 0.25) is 0 Å². The topological polar surface area (TPSA) is 48.7 Å². The van der Waals surface area contributed by atoms with Gasteiger partial charge in [-0.05, 0) is 37.3 Å². The summed E-state index contributed by atoms with van der Waals surface area (Å²) >= 11 is 0. The molecule has 118 valence electrons. The molecule has 0 saturated carbocycles. The van der Waals surface area contributed by atoms with Gasteiger partial charge in [0.25, 0.3) is 0 Å². The predicted molar refractivity (Wildman–Crippen MR) is 91.4 cm³/mol. The van der Waals surface area contributed by atoms with Crippen LogP contribution in [0.25, 0.3) is 22.3 Å². The Kier molecular flexibility index (Phi) is 3.10. The van der Waals surface area contributed by atoms with E-state index in [1.165, 1.54) is 0 Å². The maximum atomic E-state index is 12.9. The van der Waals surface area contributed by atoms with Crippen molar-refractivity contribution in [2.24, 2.45) is 0 Å². The molecule has 0 spiro atoms. The highest BCUT2D eigenvalue weighted by molar-refractivity contribution is 5.84. The molecule has 0 fully saturated rings. The summed E-state index contributed by atoms with van der Waals surface area (Å²) in [6, 6.07) is 10.9. The van der Waals surface area contributed by atoms with Crippen LogP contribution in [0.4, 0.5) is 0 Å². The molecule has 0 bridgehead atoms. The van der Waals surface area contributed by atoms with Crippen LogP contribution in [0.5, 0.6) is 11.5 Å². The zero-order chi connectivity index (χ0) is 16.8. The number of aryl methyl sites for hydroxylation is 1. The first-order valence-electron chi connectivity index (χ1n) is 7.51. The fraction of sp³-hybridized carbons (Fsp3) is 0.150. The van der Waals surface area contributed by atoms with Gasteiger partial charge in [-0.3, -0.25) is 4.79 Å². The second kappa shape index (κ2) is 5.17.